The van der Waals surface area contributed by atoms with Gasteiger partial charge in [0.05, 0.1) is 18.2 Å². The summed E-state index contributed by atoms with van der Waals surface area (Å²) in [6.45, 7) is 6.33. The van der Waals surface area contributed by atoms with Gasteiger partial charge in [-0.1, -0.05) is 25.8 Å². The van der Waals surface area contributed by atoms with E-state index in [9.17, 15) is 10.1 Å². The van der Waals surface area contributed by atoms with E-state index in [0.29, 0.717) is 18.9 Å². The average Bonchev–Trinajstić information content (AvgIpc) is 2.95. The van der Waals surface area contributed by atoms with Crippen LogP contribution in [0.5, 0.6) is 0 Å². The lowest BCUT2D eigenvalue weighted by atomic mass is 9.90. The lowest BCUT2D eigenvalue weighted by molar-refractivity contribution is 0.149. The smallest absolute Gasteiger partial charge is 0.407 e. The van der Waals surface area contributed by atoms with Gasteiger partial charge in [-0.2, -0.15) is 5.26 Å². The SMILES string of the molecule is CCCCC1CCc2cc(C[C@@H](C)NC(=O)OCC)cc(C#N)c21. The molecule has 1 N–H and O–H groups in total. The van der Waals surface area contributed by atoms with Gasteiger partial charge in [0.1, 0.15) is 0 Å². The number of aryl methyl sites for hydroxylation is 1. The van der Waals surface area contributed by atoms with Gasteiger partial charge in [0.15, 0.2) is 0 Å². The predicted molar refractivity (Wildman–Crippen MR) is 95.1 cm³/mol. The Kier molecular flexibility index (Phi) is 6.66. The average molecular weight is 328 g/mol. The first-order valence-electron chi connectivity index (χ1n) is 9.08. The molecule has 1 aliphatic carbocycles. The fraction of sp³-hybridized carbons (Fsp3) is 0.600. The molecule has 24 heavy (non-hydrogen) atoms. The second-order valence-electron chi connectivity index (χ2n) is 6.68. The number of benzene rings is 1. The molecule has 1 aromatic rings. The molecule has 0 heterocycles. The van der Waals surface area contributed by atoms with Gasteiger partial charge in [0.2, 0.25) is 0 Å². The summed E-state index contributed by atoms with van der Waals surface area (Å²) < 4.78 is 4.92. The summed E-state index contributed by atoms with van der Waals surface area (Å²) in [7, 11) is 0. The van der Waals surface area contributed by atoms with Crippen LogP contribution in [0, 0.1) is 11.3 Å². The molecule has 0 aromatic heterocycles. The monoisotopic (exact) mass is 328 g/mol. The number of hydrogen-bond donors (Lipinski definition) is 1. The molecule has 2 rings (SSSR count). The molecule has 4 nitrogen and oxygen atoms in total. The third-order valence-electron chi connectivity index (χ3n) is 4.70. The zero-order valence-corrected chi connectivity index (χ0v) is 15.0. The number of nitriles is 1. The summed E-state index contributed by atoms with van der Waals surface area (Å²) in [4.78, 5) is 11.5. The van der Waals surface area contributed by atoms with Gasteiger partial charge in [0.25, 0.3) is 0 Å². The van der Waals surface area contributed by atoms with Crippen molar-refractivity contribution in [3.63, 3.8) is 0 Å². The summed E-state index contributed by atoms with van der Waals surface area (Å²) in [5.74, 6) is 0.540. The highest BCUT2D eigenvalue weighted by Crippen LogP contribution is 2.39. The molecule has 2 atom stereocenters. The van der Waals surface area contributed by atoms with E-state index in [-0.39, 0.29) is 12.1 Å². The minimum Gasteiger partial charge on any atom is -0.450 e. The fourth-order valence-electron chi connectivity index (χ4n) is 3.67. The zero-order valence-electron chi connectivity index (χ0n) is 15.0. The van der Waals surface area contributed by atoms with Crippen LogP contribution < -0.4 is 5.32 Å². The topological polar surface area (TPSA) is 62.1 Å². The predicted octanol–water partition coefficient (Wildman–Crippen LogP) is 4.46. The molecule has 1 aliphatic rings. The Morgan fingerprint density at radius 1 is 1.46 bits per heavy atom. The van der Waals surface area contributed by atoms with Crippen molar-refractivity contribution in [2.75, 3.05) is 6.61 Å². The molecule has 0 saturated carbocycles. The molecule has 1 amide bonds. The Bertz CT molecular complexity index is 619. The normalized spacial score (nSPS) is 17.0. The first kappa shape index (κ1) is 18.3. The number of hydrogen-bond acceptors (Lipinski definition) is 3. The van der Waals surface area contributed by atoms with Crippen LogP contribution >= 0.6 is 0 Å². The van der Waals surface area contributed by atoms with Gasteiger partial charge in [-0.05, 0) is 68.2 Å². The summed E-state index contributed by atoms with van der Waals surface area (Å²) >= 11 is 0. The molecule has 0 saturated heterocycles. The largest absolute Gasteiger partial charge is 0.450 e. The van der Waals surface area contributed by atoms with Crippen LogP contribution in [0.2, 0.25) is 0 Å². The molecule has 0 aliphatic heterocycles. The number of unbranched alkanes of at least 4 members (excludes halogenated alkanes) is 1. The number of carbonyl (C=O) groups excluding carboxylic acids is 1. The summed E-state index contributed by atoms with van der Waals surface area (Å²) in [5.41, 5.74) is 4.55. The van der Waals surface area contributed by atoms with Crippen LogP contribution in [-0.2, 0) is 17.6 Å². The molecule has 0 spiro atoms. The van der Waals surface area contributed by atoms with Gasteiger partial charge < -0.3 is 10.1 Å². The summed E-state index contributed by atoms with van der Waals surface area (Å²) in [6, 6.07) is 6.61. The van der Waals surface area contributed by atoms with Gasteiger partial charge in [-0.15, -0.1) is 0 Å². The van der Waals surface area contributed by atoms with Crippen LogP contribution in [0.3, 0.4) is 0 Å². The Morgan fingerprint density at radius 3 is 2.92 bits per heavy atom. The first-order valence-corrected chi connectivity index (χ1v) is 9.08. The van der Waals surface area contributed by atoms with Crippen LogP contribution in [0.25, 0.3) is 0 Å². The highest BCUT2D eigenvalue weighted by molar-refractivity contribution is 5.67. The van der Waals surface area contributed by atoms with Crippen molar-refractivity contribution in [1.82, 2.24) is 5.32 Å². The highest BCUT2D eigenvalue weighted by Gasteiger charge is 2.26. The number of rotatable bonds is 7. The van der Waals surface area contributed by atoms with E-state index in [1.54, 1.807) is 6.92 Å². The Morgan fingerprint density at radius 2 is 2.25 bits per heavy atom. The molecule has 1 unspecified atom stereocenters. The van der Waals surface area contributed by atoms with Crippen molar-refractivity contribution in [3.8, 4) is 6.07 Å². The van der Waals surface area contributed by atoms with E-state index in [1.807, 2.05) is 13.0 Å². The van der Waals surface area contributed by atoms with Crippen molar-refractivity contribution < 1.29 is 9.53 Å². The van der Waals surface area contributed by atoms with Crippen molar-refractivity contribution in [2.45, 2.75) is 71.3 Å². The van der Waals surface area contributed by atoms with Crippen molar-refractivity contribution in [3.05, 3.63) is 34.4 Å². The second kappa shape index (κ2) is 8.73. The summed E-state index contributed by atoms with van der Waals surface area (Å²) in [6.07, 6.45) is 6.14. The van der Waals surface area contributed by atoms with E-state index < -0.39 is 0 Å². The lowest BCUT2D eigenvalue weighted by Crippen LogP contribution is -2.34. The Labute approximate surface area is 145 Å². The standard InChI is InChI=1S/C20H28N2O2/c1-4-6-7-16-8-9-17-11-15(12-18(13-21)19(16)17)10-14(3)22-20(23)24-5-2/h11-12,14,16H,4-10H2,1-3H3,(H,22,23)/t14-,16?/m1/s1. The highest BCUT2D eigenvalue weighted by atomic mass is 16.5. The van der Waals surface area contributed by atoms with Gasteiger partial charge >= 0.3 is 6.09 Å². The molecule has 0 fully saturated rings. The molecule has 0 bridgehead atoms. The molecule has 130 valence electrons. The van der Waals surface area contributed by atoms with Crippen LogP contribution in [0.15, 0.2) is 12.1 Å². The van der Waals surface area contributed by atoms with E-state index >= 15 is 0 Å². The maximum absolute atomic E-state index is 11.5. The minimum absolute atomic E-state index is 0.0223. The minimum atomic E-state index is -0.383. The molecule has 1 aromatic carbocycles. The van der Waals surface area contributed by atoms with Crippen molar-refractivity contribution >= 4 is 6.09 Å². The summed E-state index contributed by atoms with van der Waals surface area (Å²) in [5, 5.41) is 12.4. The Hall–Kier alpha value is -2.02. The van der Waals surface area contributed by atoms with Crippen LogP contribution in [-0.4, -0.2) is 18.7 Å². The van der Waals surface area contributed by atoms with Gasteiger partial charge in [-0.25, -0.2) is 4.79 Å². The molecule has 0 radical (unpaired) electrons. The van der Waals surface area contributed by atoms with Gasteiger partial charge in [0, 0.05) is 6.04 Å². The van der Waals surface area contributed by atoms with Gasteiger partial charge in [-0.3, -0.25) is 0 Å². The molecular weight excluding hydrogens is 300 g/mol. The van der Waals surface area contributed by atoms with E-state index in [4.69, 9.17) is 4.74 Å². The maximum atomic E-state index is 11.5. The number of amides is 1. The maximum Gasteiger partial charge on any atom is 0.407 e. The van der Waals surface area contributed by atoms with E-state index in [2.05, 4.69) is 24.4 Å². The Balaban J connectivity index is 2.11. The number of alkyl carbamates (subject to hydrolysis) is 1. The number of carbonyl (C=O) groups is 1. The third kappa shape index (κ3) is 4.50. The zero-order chi connectivity index (χ0) is 17.5. The van der Waals surface area contributed by atoms with Crippen molar-refractivity contribution in [2.24, 2.45) is 0 Å². The first-order chi connectivity index (χ1) is 11.6. The lowest BCUT2D eigenvalue weighted by Gasteiger charge is -2.16. The van der Waals surface area contributed by atoms with Crippen LogP contribution in [0.4, 0.5) is 4.79 Å². The number of nitrogens with one attached hydrogen (secondary N) is 1. The quantitative estimate of drug-likeness (QED) is 0.804. The van der Waals surface area contributed by atoms with E-state index in [1.165, 1.54) is 30.4 Å². The molecule has 4 heteroatoms. The second-order valence-corrected chi connectivity index (χ2v) is 6.68. The number of fused-ring (bicyclic) bond motifs is 1. The van der Waals surface area contributed by atoms with E-state index in [0.717, 1.165) is 24.0 Å². The fourth-order valence-corrected chi connectivity index (χ4v) is 3.67. The van der Waals surface area contributed by atoms with Crippen LogP contribution in [0.1, 0.15) is 74.6 Å². The third-order valence-corrected chi connectivity index (χ3v) is 4.70. The molecular formula is C20H28N2O2. The number of nitrogens with zero attached hydrogens (tertiary/aromatic N) is 1. The van der Waals surface area contributed by atoms with Crippen molar-refractivity contribution in [1.29, 1.82) is 5.26 Å². The number of ether oxygens (including phenoxy) is 1.